The monoisotopic (exact) mass is 297 g/mol. The molecule has 20 heavy (non-hydrogen) atoms. The van der Waals surface area contributed by atoms with Gasteiger partial charge in [0.25, 0.3) is 0 Å². The van der Waals surface area contributed by atoms with Crippen molar-refractivity contribution in [1.29, 1.82) is 0 Å². The molecule has 0 amide bonds. The van der Waals surface area contributed by atoms with Gasteiger partial charge in [-0.1, -0.05) is 18.5 Å². The number of carbonyl (C=O) groups is 2. The number of aromatic nitrogens is 1. The standard InChI is InChI=1S/C11H11NO3S.C3H8O/c1-2-3-4-16-9-5-8(13)11-7(10(9)14)6-12-15-11;1-3-4-2/h5-6H,2-4H2,1H3;3H2,1-2H3. The number of nitrogens with zero attached hydrogens (tertiary/aromatic N) is 1. The summed E-state index contributed by atoms with van der Waals surface area (Å²) >= 11 is 1.42. The van der Waals surface area contributed by atoms with E-state index in [4.69, 9.17) is 4.52 Å². The predicted octanol–water partition coefficient (Wildman–Crippen LogP) is 3.12. The van der Waals surface area contributed by atoms with Gasteiger partial charge in [0, 0.05) is 19.8 Å². The van der Waals surface area contributed by atoms with Crippen LogP contribution < -0.4 is 0 Å². The molecule has 0 aliphatic heterocycles. The first-order valence-corrected chi connectivity index (χ1v) is 7.51. The minimum Gasteiger partial charge on any atom is -0.385 e. The fraction of sp³-hybridized carbons (Fsp3) is 0.500. The highest BCUT2D eigenvalue weighted by atomic mass is 32.2. The summed E-state index contributed by atoms with van der Waals surface area (Å²) in [6.45, 7) is 4.86. The number of methoxy groups -OCH3 is 1. The number of carbonyl (C=O) groups excluding carboxylic acids is 2. The van der Waals surface area contributed by atoms with Gasteiger partial charge in [-0.3, -0.25) is 9.59 Å². The minimum atomic E-state index is -0.272. The van der Waals surface area contributed by atoms with Crippen molar-refractivity contribution in [2.45, 2.75) is 26.7 Å². The van der Waals surface area contributed by atoms with E-state index < -0.39 is 0 Å². The Hall–Kier alpha value is -1.40. The van der Waals surface area contributed by atoms with Crippen LogP contribution in [0.1, 0.15) is 47.6 Å². The summed E-state index contributed by atoms with van der Waals surface area (Å²) in [4.78, 5) is 23.9. The maximum Gasteiger partial charge on any atom is 0.225 e. The highest BCUT2D eigenvalue weighted by molar-refractivity contribution is 8.04. The summed E-state index contributed by atoms with van der Waals surface area (Å²) in [7, 11) is 1.68. The topological polar surface area (TPSA) is 69.4 Å². The number of Topliss-reactive ketones (excluding diaryl/α,β-unsaturated/α-hetero) is 1. The molecule has 0 atom stereocenters. The molecule has 0 fully saturated rings. The molecule has 1 aliphatic carbocycles. The van der Waals surface area contributed by atoms with Crippen LogP contribution in [0.25, 0.3) is 0 Å². The molecule has 0 spiro atoms. The van der Waals surface area contributed by atoms with E-state index in [0.29, 0.717) is 4.91 Å². The lowest BCUT2D eigenvalue weighted by atomic mass is 10.0. The van der Waals surface area contributed by atoms with Crippen molar-refractivity contribution in [2.24, 2.45) is 0 Å². The number of hydrogen-bond donors (Lipinski definition) is 0. The molecule has 1 aromatic rings. The number of thioether (sulfide) groups is 1. The summed E-state index contributed by atoms with van der Waals surface area (Å²) in [5.74, 6) is 0.481. The Labute approximate surface area is 122 Å². The Balaban J connectivity index is 0.000000444. The Morgan fingerprint density at radius 1 is 1.35 bits per heavy atom. The quantitative estimate of drug-likeness (QED) is 0.778. The number of rotatable bonds is 5. The molecule has 0 unspecified atom stereocenters. The first-order valence-electron chi connectivity index (χ1n) is 6.52. The average Bonchev–Trinajstić information content (AvgIpc) is 2.95. The molecule has 6 heteroatoms. The highest BCUT2D eigenvalue weighted by Crippen LogP contribution is 2.28. The molecule has 1 aliphatic rings. The summed E-state index contributed by atoms with van der Waals surface area (Å²) in [5, 5.41) is 3.48. The highest BCUT2D eigenvalue weighted by Gasteiger charge is 2.29. The number of ketones is 2. The van der Waals surface area contributed by atoms with E-state index in [0.717, 1.165) is 25.2 Å². The van der Waals surface area contributed by atoms with Crippen LogP contribution in [0.3, 0.4) is 0 Å². The minimum absolute atomic E-state index is 0.0600. The fourth-order valence-corrected chi connectivity index (χ4v) is 2.48. The number of allylic oxidation sites excluding steroid dienone is 2. The molecule has 2 rings (SSSR count). The third kappa shape index (κ3) is 4.31. The van der Waals surface area contributed by atoms with Gasteiger partial charge in [-0.25, -0.2) is 0 Å². The van der Waals surface area contributed by atoms with E-state index in [2.05, 4.69) is 16.8 Å². The number of fused-ring (bicyclic) bond motifs is 1. The summed E-state index contributed by atoms with van der Waals surface area (Å²) in [5.41, 5.74) is 0.284. The van der Waals surface area contributed by atoms with E-state index >= 15 is 0 Å². The molecule has 0 bridgehead atoms. The number of unbranched alkanes of at least 4 members (excludes halogenated alkanes) is 1. The lowest BCUT2D eigenvalue weighted by Gasteiger charge is -2.08. The van der Waals surface area contributed by atoms with Crippen molar-refractivity contribution in [2.75, 3.05) is 19.5 Å². The Bertz CT molecular complexity index is 491. The van der Waals surface area contributed by atoms with E-state index in [9.17, 15) is 9.59 Å². The molecule has 0 radical (unpaired) electrons. The molecule has 0 N–H and O–H groups in total. The van der Waals surface area contributed by atoms with Crippen molar-refractivity contribution < 1.29 is 18.8 Å². The normalized spacial score (nSPS) is 13.4. The van der Waals surface area contributed by atoms with E-state index in [1.807, 2.05) is 6.92 Å². The van der Waals surface area contributed by atoms with Gasteiger partial charge in [0.05, 0.1) is 16.7 Å². The summed E-state index contributed by atoms with van der Waals surface area (Å²) < 4.78 is 9.28. The van der Waals surface area contributed by atoms with Crippen molar-refractivity contribution in [3.63, 3.8) is 0 Å². The summed E-state index contributed by atoms with van der Waals surface area (Å²) in [6, 6.07) is 0. The second-order valence-corrected chi connectivity index (χ2v) is 5.19. The van der Waals surface area contributed by atoms with Crippen LogP contribution in [0.15, 0.2) is 21.7 Å². The molecular formula is C14H19NO4S. The zero-order valence-electron chi connectivity index (χ0n) is 12.0. The third-order valence-electron chi connectivity index (χ3n) is 2.57. The van der Waals surface area contributed by atoms with Crippen LogP contribution in [-0.2, 0) is 4.74 Å². The Kier molecular flexibility index (Phi) is 7.25. The van der Waals surface area contributed by atoms with E-state index in [1.54, 1.807) is 7.11 Å². The smallest absolute Gasteiger partial charge is 0.225 e. The van der Waals surface area contributed by atoms with Gasteiger partial charge >= 0.3 is 0 Å². The Morgan fingerprint density at radius 3 is 2.65 bits per heavy atom. The largest absolute Gasteiger partial charge is 0.385 e. The fourth-order valence-electron chi connectivity index (χ4n) is 1.40. The van der Waals surface area contributed by atoms with Crippen LogP contribution >= 0.6 is 11.8 Å². The second-order valence-electron chi connectivity index (χ2n) is 4.05. The molecule has 0 saturated carbocycles. The van der Waals surface area contributed by atoms with Crippen LogP contribution in [0.5, 0.6) is 0 Å². The first kappa shape index (κ1) is 16.7. The number of ether oxygens (including phenoxy) is 1. The van der Waals surface area contributed by atoms with Gasteiger partial charge in [-0.2, -0.15) is 0 Å². The molecule has 5 nitrogen and oxygen atoms in total. The van der Waals surface area contributed by atoms with Crippen LogP contribution in [0.4, 0.5) is 0 Å². The van der Waals surface area contributed by atoms with Crippen molar-refractivity contribution in [1.82, 2.24) is 5.16 Å². The van der Waals surface area contributed by atoms with Crippen LogP contribution in [0, 0.1) is 0 Å². The van der Waals surface area contributed by atoms with Gasteiger partial charge in [0.1, 0.15) is 0 Å². The zero-order chi connectivity index (χ0) is 15.0. The predicted molar refractivity (Wildman–Crippen MR) is 78.2 cm³/mol. The van der Waals surface area contributed by atoms with Gasteiger partial charge in [0.2, 0.25) is 17.3 Å². The third-order valence-corrected chi connectivity index (χ3v) is 3.68. The van der Waals surface area contributed by atoms with Gasteiger partial charge < -0.3 is 9.26 Å². The van der Waals surface area contributed by atoms with Gasteiger partial charge in [-0.05, 0) is 19.1 Å². The van der Waals surface area contributed by atoms with Crippen molar-refractivity contribution in [3.05, 3.63) is 28.5 Å². The molecule has 0 aromatic carbocycles. The van der Waals surface area contributed by atoms with Crippen molar-refractivity contribution >= 4 is 23.3 Å². The van der Waals surface area contributed by atoms with E-state index in [1.165, 1.54) is 24.0 Å². The maximum atomic E-state index is 11.9. The Morgan fingerprint density at radius 2 is 2.05 bits per heavy atom. The molecule has 1 heterocycles. The first-order chi connectivity index (χ1) is 9.65. The van der Waals surface area contributed by atoms with Gasteiger partial charge in [-0.15, -0.1) is 11.8 Å². The molecule has 110 valence electrons. The van der Waals surface area contributed by atoms with Gasteiger partial charge in [0.15, 0.2) is 0 Å². The lowest BCUT2D eigenvalue weighted by Crippen LogP contribution is -2.13. The van der Waals surface area contributed by atoms with Crippen LogP contribution in [-0.4, -0.2) is 36.2 Å². The molecule has 0 saturated heterocycles. The van der Waals surface area contributed by atoms with E-state index in [-0.39, 0.29) is 22.9 Å². The maximum absolute atomic E-state index is 11.9. The molecular weight excluding hydrogens is 278 g/mol. The SMILES string of the molecule is CCCCSC1=CC(=O)c2oncc2C1=O.CCOC. The molecule has 1 aromatic heterocycles. The van der Waals surface area contributed by atoms with Crippen molar-refractivity contribution in [3.8, 4) is 0 Å². The summed E-state index contributed by atoms with van der Waals surface area (Å²) in [6.07, 6.45) is 4.75. The average molecular weight is 297 g/mol. The zero-order valence-corrected chi connectivity index (χ0v) is 12.8. The second kappa shape index (κ2) is 8.71. The lowest BCUT2D eigenvalue weighted by molar-refractivity contribution is 0.0967. The number of hydrogen-bond acceptors (Lipinski definition) is 6. The van der Waals surface area contributed by atoms with Crippen LogP contribution in [0.2, 0.25) is 0 Å².